The zero-order valence-electron chi connectivity index (χ0n) is 24.5. The van der Waals surface area contributed by atoms with Gasteiger partial charge >= 0.3 is 0 Å². The van der Waals surface area contributed by atoms with Gasteiger partial charge in [0.2, 0.25) is 11.8 Å². The van der Waals surface area contributed by atoms with Gasteiger partial charge in [-0.3, -0.25) is 29.1 Å². The Bertz CT molecular complexity index is 968. The van der Waals surface area contributed by atoms with Gasteiger partial charge in [-0.25, -0.2) is 0 Å². The Hall–Kier alpha value is -3.82. The molecule has 0 aromatic carbocycles. The lowest BCUT2D eigenvalue weighted by Crippen LogP contribution is -2.45. The van der Waals surface area contributed by atoms with E-state index in [2.05, 4.69) is 31.2 Å². The van der Waals surface area contributed by atoms with E-state index in [9.17, 15) is 19.2 Å². The molecule has 0 aliphatic rings. The highest BCUT2D eigenvalue weighted by Gasteiger charge is 2.17. The molecule has 0 unspecified atom stereocenters. The van der Waals surface area contributed by atoms with E-state index in [0.29, 0.717) is 24.2 Å². The van der Waals surface area contributed by atoms with E-state index in [-0.39, 0.29) is 23.6 Å². The van der Waals surface area contributed by atoms with Crippen LogP contribution < -0.4 is 21.3 Å². The summed E-state index contributed by atoms with van der Waals surface area (Å²) < 4.78 is 0. The molecule has 0 bridgehead atoms. The molecule has 0 spiro atoms. The van der Waals surface area contributed by atoms with Gasteiger partial charge in [0.15, 0.2) is 0 Å². The van der Waals surface area contributed by atoms with Crippen molar-refractivity contribution < 1.29 is 19.2 Å². The molecule has 41 heavy (non-hydrogen) atoms. The monoisotopic (exact) mass is 566 g/mol. The minimum absolute atomic E-state index is 0.171. The minimum Gasteiger partial charge on any atom is -0.354 e. The molecule has 0 aliphatic carbocycles. The fraction of sp³-hybridized carbons (Fsp3) is 0.548. The van der Waals surface area contributed by atoms with Crippen molar-refractivity contribution in [3.63, 3.8) is 0 Å². The number of aromatic nitrogens is 2. The summed E-state index contributed by atoms with van der Waals surface area (Å²) in [5, 5.41) is 11.2. The largest absolute Gasteiger partial charge is 0.354 e. The molecule has 0 fully saturated rings. The van der Waals surface area contributed by atoms with Gasteiger partial charge in [0.1, 0.15) is 12.1 Å². The Kier molecular flexibility index (Phi) is 16.4. The smallest absolute Gasteiger partial charge is 0.252 e. The molecule has 10 heteroatoms. The van der Waals surface area contributed by atoms with Gasteiger partial charge in [0.05, 0.1) is 0 Å². The number of nitrogens with zero attached hydrogens (tertiary/aromatic N) is 2. The first-order valence-corrected chi connectivity index (χ1v) is 14.9. The third-order valence-electron chi connectivity index (χ3n) is 6.82. The third kappa shape index (κ3) is 14.4. The maximum absolute atomic E-state index is 12.2. The van der Waals surface area contributed by atoms with E-state index in [4.69, 9.17) is 0 Å². The molecule has 2 heterocycles. The van der Waals surface area contributed by atoms with Gasteiger partial charge in [0, 0.05) is 49.0 Å². The van der Waals surface area contributed by atoms with Crippen molar-refractivity contribution >= 4 is 23.6 Å². The zero-order valence-corrected chi connectivity index (χ0v) is 24.5. The molecule has 10 nitrogen and oxygen atoms in total. The topological polar surface area (TPSA) is 142 Å². The average molecular weight is 567 g/mol. The number of unbranched alkanes of at least 4 members (excludes halogenated alkanes) is 10. The van der Waals surface area contributed by atoms with Crippen molar-refractivity contribution in [1.29, 1.82) is 0 Å². The summed E-state index contributed by atoms with van der Waals surface area (Å²) in [5.74, 6) is -0.908. The van der Waals surface area contributed by atoms with Gasteiger partial charge in [-0.2, -0.15) is 0 Å². The maximum Gasteiger partial charge on any atom is 0.252 e. The molecule has 0 aliphatic heterocycles. The average Bonchev–Trinajstić information content (AvgIpc) is 2.99. The van der Waals surface area contributed by atoms with Crippen LogP contribution in [0.2, 0.25) is 0 Å². The Morgan fingerprint density at radius 1 is 0.537 bits per heavy atom. The van der Waals surface area contributed by atoms with Crippen molar-refractivity contribution in [2.45, 2.75) is 96.6 Å². The van der Waals surface area contributed by atoms with Crippen molar-refractivity contribution in [1.82, 2.24) is 31.2 Å². The van der Waals surface area contributed by atoms with Gasteiger partial charge in [-0.15, -0.1) is 0 Å². The van der Waals surface area contributed by atoms with Crippen LogP contribution >= 0.6 is 0 Å². The fourth-order valence-corrected chi connectivity index (χ4v) is 4.27. The lowest BCUT2D eigenvalue weighted by molar-refractivity contribution is -0.123. The predicted octanol–water partition coefficient (Wildman–Crippen LogP) is 3.94. The number of amides is 4. The van der Waals surface area contributed by atoms with Crippen LogP contribution in [-0.2, 0) is 9.59 Å². The van der Waals surface area contributed by atoms with Crippen LogP contribution in [0.4, 0.5) is 0 Å². The summed E-state index contributed by atoms with van der Waals surface area (Å²) in [4.78, 5) is 56.4. The molecule has 0 saturated heterocycles. The van der Waals surface area contributed by atoms with E-state index in [1.165, 1.54) is 32.1 Å². The molecule has 4 N–H and O–H groups in total. The second-order valence-electron chi connectivity index (χ2n) is 10.3. The molecule has 224 valence electrons. The molecule has 2 aromatic heterocycles. The standard InChI is InChI=1S/C31H46N6O4/c1-24(36-30(40)26-14-20-32-21-15-26)28(38)34-18-12-10-8-6-4-3-5-7-9-11-13-19-35-29(39)25(2)37-31(41)27-16-22-33-23-17-27/h14-17,20-25H,3-13,18-19H2,1-2H3,(H,34,38)(H,35,39)(H,36,40)(H,37,41)/t24-,25-/m0/s1. The highest BCUT2D eigenvalue weighted by Crippen LogP contribution is 2.11. The van der Waals surface area contributed by atoms with Gasteiger partial charge in [-0.1, -0.05) is 57.8 Å². The number of carbonyl (C=O) groups is 4. The normalized spacial score (nSPS) is 12.1. The lowest BCUT2D eigenvalue weighted by atomic mass is 10.1. The van der Waals surface area contributed by atoms with Crippen molar-refractivity contribution in [2.24, 2.45) is 0 Å². The second kappa shape index (κ2) is 20.1. The highest BCUT2D eigenvalue weighted by molar-refractivity contribution is 5.97. The van der Waals surface area contributed by atoms with Crippen LogP contribution in [-0.4, -0.2) is 58.8 Å². The van der Waals surface area contributed by atoms with Crippen LogP contribution in [0.15, 0.2) is 49.1 Å². The SMILES string of the molecule is C[C@H](NC(=O)c1ccncc1)C(=O)NCCCCCCCCCCCCCNC(=O)[C@H](C)NC(=O)c1ccncc1. The van der Waals surface area contributed by atoms with E-state index < -0.39 is 12.1 Å². The summed E-state index contributed by atoms with van der Waals surface area (Å²) in [5.41, 5.74) is 0.968. The first kappa shape index (κ1) is 33.4. The molecular formula is C31H46N6O4. The second-order valence-corrected chi connectivity index (χ2v) is 10.3. The number of hydrogen-bond donors (Lipinski definition) is 4. The zero-order chi connectivity index (χ0) is 29.7. The first-order valence-electron chi connectivity index (χ1n) is 14.9. The molecule has 2 aromatic rings. The molecule has 0 radical (unpaired) electrons. The van der Waals surface area contributed by atoms with Crippen molar-refractivity contribution in [2.75, 3.05) is 13.1 Å². The van der Waals surface area contributed by atoms with E-state index in [1.54, 1.807) is 62.9 Å². The molecule has 0 saturated carbocycles. The van der Waals surface area contributed by atoms with E-state index >= 15 is 0 Å². The predicted molar refractivity (Wildman–Crippen MR) is 159 cm³/mol. The van der Waals surface area contributed by atoms with E-state index in [1.807, 2.05) is 0 Å². The number of pyridine rings is 2. The van der Waals surface area contributed by atoms with Crippen molar-refractivity contribution in [3.05, 3.63) is 60.2 Å². The number of hydrogen-bond acceptors (Lipinski definition) is 6. The fourth-order valence-electron chi connectivity index (χ4n) is 4.27. The Morgan fingerprint density at radius 3 is 1.15 bits per heavy atom. The van der Waals surface area contributed by atoms with Crippen LogP contribution in [0.25, 0.3) is 0 Å². The van der Waals surface area contributed by atoms with Gasteiger partial charge < -0.3 is 21.3 Å². The summed E-state index contributed by atoms with van der Waals surface area (Å²) >= 11 is 0. The van der Waals surface area contributed by atoms with Gasteiger partial charge in [0.25, 0.3) is 11.8 Å². The van der Waals surface area contributed by atoms with E-state index in [0.717, 1.165) is 38.5 Å². The summed E-state index contributed by atoms with van der Waals surface area (Å²) in [7, 11) is 0. The number of carbonyl (C=O) groups excluding carboxylic acids is 4. The Labute approximate surface area is 243 Å². The Balaban J connectivity index is 1.35. The Morgan fingerprint density at radius 2 is 0.829 bits per heavy atom. The lowest BCUT2D eigenvalue weighted by Gasteiger charge is -2.14. The molecule has 2 atom stereocenters. The quantitative estimate of drug-likeness (QED) is 0.179. The number of nitrogens with one attached hydrogen (secondary N) is 4. The third-order valence-corrected chi connectivity index (χ3v) is 6.82. The van der Waals surface area contributed by atoms with Crippen LogP contribution in [0.5, 0.6) is 0 Å². The molecule has 2 rings (SSSR count). The number of rotatable bonds is 20. The molecule has 4 amide bonds. The van der Waals surface area contributed by atoms with Crippen LogP contribution in [0, 0.1) is 0 Å². The van der Waals surface area contributed by atoms with Gasteiger partial charge in [-0.05, 0) is 51.0 Å². The molecular weight excluding hydrogens is 520 g/mol. The summed E-state index contributed by atoms with van der Waals surface area (Å²) in [6, 6.07) is 5.28. The minimum atomic E-state index is -0.587. The first-order chi connectivity index (χ1) is 19.9. The van der Waals surface area contributed by atoms with Crippen LogP contribution in [0.3, 0.4) is 0 Å². The van der Waals surface area contributed by atoms with Crippen LogP contribution in [0.1, 0.15) is 105 Å². The van der Waals surface area contributed by atoms with Crippen molar-refractivity contribution in [3.8, 4) is 0 Å². The maximum atomic E-state index is 12.2. The highest BCUT2D eigenvalue weighted by atomic mass is 16.2. The summed E-state index contributed by atoms with van der Waals surface area (Å²) in [6.07, 6.45) is 18.6. The summed E-state index contributed by atoms with van der Waals surface area (Å²) in [6.45, 7) is 4.60.